The van der Waals surface area contributed by atoms with Gasteiger partial charge in [0.05, 0.1) is 24.3 Å². The molecule has 0 N–H and O–H groups in total. The normalized spacial score (nSPS) is 9.25. The lowest BCUT2D eigenvalue weighted by atomic mass is 10.0. The molecule has 0 radical (unpaired) electrons. The summed E-state index contributed by atoms with van der Waals surface area (Å²) in [5.41, 5.74) is 1.47. The molecule has 0 aliphatic heterocycles. The Hall–Kier alpha value is -2.15. The summed E-state index contributed by atoms with van der Waals surface area (Å²) >= 11 is 0. The van der Waals surface area contributed by atoms with Crippen molar-refractivity contribution in [1.82, 2.24) is 0 Å². The van der Waals surface area contributed by atoms with E-state index in [1.807, 2.05) is 6.07 Å². The van der Waals surface area contributed by atoms with Gasteiger partial charge in [-0.1, -0.05) is 6.07 Å². The van der Waals surface area contributed by atoms with Crippen LogP contribution >= 0.6 is 0 Å². The van der Waals surface area contributed by atoms with Gasteiger partial charge in [0.15, 0.2) is 0 Å². The van der Waals surface area contributed by atoms with Gasteiger partial charge in [-0.15, -0.1) is 0 Å². The molecule has 0 bridgehead atoms. The SMILES string of the molecule is COC(=O)c1cc(C#N)ccc1CCC=O. The standard InChI is InChI=1S/C12H11NO3/c1-16-12(15)11-7-9(8-13)4-5-10(11)3-2-6-14/h4-7H,2-3H2,1H3. The van der Waals surface area contributed by atoms with Crippen LogP contribution in [0.3, 0.4) is 0 Å². The maximum atomic E-state index is 11.4. The Morgan fingerprint density at radius 1 is 1.56 bits per heavy atom. The first kappa shape index (κ1) is 11.9. The number of esters is 1. The molecule has 0 atom stereocenters. The summed E-state index contributed by atoms with van der Waals surface area (Å²) in [4.78, 5) is 21.7. The maximum absolute atomic E-state index is 11.4. The molecule has 0 heterocycles. The van der Waals surface area contributed by atoms with Gasteiger partial charge in [0.2, 0.25) is 0 Å². The number of carbonyl (C=O) groups excluding carboxylic acids is 2. The smallest absolute Gasteiger partial charge is 0.338 e. The van der Waals surface area contributed by atoms with Crippen molar-refractivity contribution in [3.63, 3.8) is 0 Å². The molecule has 0 amide bonds. The van der Waals surface area contributed by atoms with Crippen LogP contribution in [-0.2, 0) is 16.0 Å². The highest BCUT2D eigenvalue weighted by Gasteiger charge is 2.12. The average Bonchev–Trinajstić information content (AvgIpc) is 2.35. The summed E-state index contributed by atoms with van der Waals surface area (Å²) in [5, 5.41) is 8.73. The molecule has 1 aromatic rings. The van der Waals surface area contributed by atoms with Gasteiger partial charge >= 0.3 is 5.97 Å². The fourth-order valence-corrected chi connectivity index (χ4v) is 1.38. The monoisotopic (exact) mass is 217 g/mol. The van der Waals surface area contributed by atoms with Gasteiger partial charge in [0.1, 0.15) is 6.29 Å². The van der Waals surface area contributed by atoms with Gasteiger partial charge in [-0.2, -0.15) is 5.26 Å². The van der Waals surface area contributed by atoms with Crippen molar-refractivity contribution in [2.24, 2.45) is 0 Å². The first-order chi connectivity index (χ1) is 7.72. The van der Waals surface area contributed by atoms with Crippen molar-refractivity contribution >= 4 is 12.3 Å². The maximum Gasteiger partial charge on any atom is 0.338 e. The molecule has 0 spiro atoms. The van der Waals surface area contributed by atoms with Crippen LogP contribution in [-0.4, -0.2) is 19.4 Å². The Bertz CT molecular complexity index is 446. The molecule has 0 unspecified atom stereocenters. The zero-order valence-corrected chi connectivity index (χ0v) is 8.90. The quantitative estimate of drug-likeness (QED) is 0.565. The molecular weight excluding hydrogens is 206 g/mol. The van der Waals surface area contributed by atoms with Gasteiger partial charge in [-0.25, -0.2) is 4.79 Å². The number of rotatable bonds is 4. The molecule has 82 valence electrons. The molecule has 0 aromatic heterocycles. The fraction of sp³-hybridized carbons (Fsp3) is 0.250. The minimum atomic E-state index is -0.488. The number of nitriles is 1. The summed E-state index contributed by atoms with van der Waals surface area (Å²) in [6.45, 7) is 0. The van der Waals surface area contributed by atoms with Gasteiger partial charge in [-0.3, -0.25) is 0 Å². The third kappa shape index (κ3) is 2.67. The number of ether oxygens (including phenoxy) is 1. The van der Waals surface area contributed by atoms with Gasteiger partial charge in [0.25, 0.3) is 0 Å². The van der Waals surface area contributed by atoms with Crippen molar-refractivity contribution in [1.29, 1.82) is 5.26 Å². The number of benzene rings is 1. The third-order valence-corrected chi connectivity index (χ3v) is 2.18. The number of nitrogens with zero attached hydrogens (tertiary/aromatic N) is 1. The predicted molar refractivity (Wildman–Crippen MR) is 56.9 cm³/mol. The second-order valence-corrected chi connectivity index (χ2v) is 3.18. The molecule has 4 nitrogen and oxygen atoms in total. The molecule has 4 heteroatoms. The highest BCUT2D eigenvalue weighted by Crippen LogP contribution is 2.14. The highest BCUT2D eigenvalue weighted by molar-refractivity contribution is 5.91. The molecular formula is C12H11NO3. The molecule has 0 aliphatic carbocycles. The van der Waals surface area contributed by atoms with Crippen LogP contribution in [0.15, 0.2) is 18.2 Å². The fourth-order valence-electron chi connectivity index (χ4n) is 1.38. The lowest BCUT2D eigenvalue weighted by molar-refractivity contribution is -0.107. The van der Waals surface area contributed by atoms with E-state index in [2.05, 4.69) is 4.74 Å². The van der Waals surface area contributed by atoms with E-state index >= 15 is 0 Å². The van der Waals surface area contributed by atoms with Gasteiger partial charge < -0.3 is 9.53 Å². The van der Waals surface area contributed by atoms with E-state index in [9.17, 15) is 9.59 Å². The van der Waals surface area contributed by atoms with E-state index in [1.165, 1.54) is 13.2 Å². The van der Waals surface area contributed by atoms with E-state index in [4.69, 9.17) is 5.26 Å². The number of aryl methyl sites for hydroxylation is 1. The first-order valence-electron chi connectivity index (χ1n) is 4.78. The molecule has 0 fully saturated rings. The Kier molecular flexibility index (Phi) is 4.22. The summed E-state index contributed by atoms with van der Waals surface area (Å²) < 4.78 is 4.62. The van der Waals surface area contributed by atoms with Crippen molar-refractivity contribution in [2.75, 3.05) is 7.11 Å². The average molecular weight is 217 g/mol. The van der Waals surface area contributed by atoms with Gasteiger partial charge in [-0.05, 0) is 24.1 Å². The van der Waals surface area contributed by atoms with Crippen LogP contribution in [0.5, 0.6) is 0 Å². The molecule has 1 rings (SSSR count). The summed E-state index contributed by atoms with van der Waals surface area (Å²) in [6, 6.07) is 6.72. The van der Waals surface area contributed by atoms with E-state index in [0.29, 0.717) is 24.0 Å². The van der Waals surface area contributed by atoms with E-state index in [1.54, 1.807) is 12.1 Å². The number of methoxy groups -OCH3 is 1. The number of aldehydes is 1. The minimum absolute atomic E-state index is 0.343. The van der Waals surface area contributed by atoms with Crippen molar-refractivity contribution in [3.05, 3.63) is 34.9 Å². The highest BCUT2D eigenvalue weighted by atomic mass is 16.5. The summed E-state index contributed by atoms with van der Waals surface area (Å²) in [6.07, 6.45) is 1.61. The molecule has 0 aliphatic rings. The molecule has 0 saturated carbocycles. The van der Waals surface area contributed by atoms with Crippen LogP contribution in [0.1, 0.15) is 27.9 Å². The van der Waals surface area contributed by atoms with Crippen molar-refractivity contribution < 1.29 is 14.3 Å². The third-order valence-electron chi connectivity index (χ3n) is 2.18. The van der Waals surface area contributed by atoms with Crippen LogP contribution in [0.4, 0.5) is 0 Å². The van der Waals surface area contributed by atoms with Gasteiger partial charge in [0, 0.05) is 6.42 Å². The van der Waals surface area contributed by atoms with E-state index in [-0.39, 0.29) is 0 Å². The van der Waals surface area contributed by atoms with Crippen LogP contribution in [0, 0.1) is 11.3 Å². The lowest BCUT2D eigenvalue weighted by Crippen LogP contribution is -2.06. The number of hydrogen-bond acceptors (Lipinski definition) is 4. The lowest BCUT2D eigenvalue weighted by Gasteiger charge is -2.06. The zero-order valence-electron chi connectivity index (χ0n) is 8.90. The molecule has 0 saturated heterocycles. The second-order valence-electron chi connectivity index (χ2n) is 3.18. The molecule has 1 aromatic carbocycles. The van der Waals surface area contributed by atoms with E-state index in [0.717, 1.165) is 11.8 Å². The Balaban J connectivity index is 3.11. The van der Waals surface area contributed by atoms with Crippen molar-refractivity contribution in [3.8, 4) is 6.07 Å². The van der Waals surface area contributed by atoms with E-state index < -0.39 is 5.97 Å². The number of hydrogen-bond donors (Lipinski definition) is 0. The first-order valence-corrected chi connectivity index (χ1v) is 4.78. The zero-order chi connectivity index (χ0) is 12.0. The van der Waals surface area contributed by atoms with Crippen LogP contribution in [0.25, 0.3) is 0 Å². The molecule has 16 heavy (non-hydrogen) atoms. The van der Waals surface area contributed by atoms with Crippen LogP contribution < -0.4 is 0 Å². The Morgan fingerprint density at radius 3 is 2.88 bits per heavy atom. The van der Waals surface area contributed by atoms with Crippen molar-refractivity contribution in [2.45, 2.75) is 12.8 Å². The Labute approximate surface area is 93.5 Å². The minimum Gasteiger partial charge on any atom is -0.465 e. The topological polar surface area (TPSA) is 67.2 Å². The largest absolute Gasteiger partial charge is 0.465 e. The summed E-state index contributed by atoms with van der Waals surface area (Å²) in [7, 11) is 1.28. The number of carbonyl (C=O) groups is 2. The summed E-state index contributed by atoms with van der Waals surface area (Å²) in [5.74, 6) is -0.488. The van der Waals surface area contributed by atoms with Crippen LogP contribution in [0.2, 0.25) is 0 Å². The second kappa shape index (κ2) is 5.66. The predicted octanol–water partition coefficient (Wildman–Crippen LogP) is 1.48. The Morgan fingerprint density at radius 2 is 2.31 bits per heavy atom.